The van der Waals surface area contributed by atoms with Crippen LogP contribution in [0.25, 0.3) is 0 Å². The molecular weight excluding hydrogens is 118 g/mol. The highest BCUT2D eigenvalue weighted by Gasteiger charge is 1.95. The third-order valence-corrected chi connectivity index (χ3v) is 0.842. The van der Waals surface area contributed by atoms with Crippen molar-refractivity contribution < 1.29 is 9.84 Å². The van der Waals surface area contributed by atoms with Crippen LogP contribution in [0.2, 0.25) is 0 Å². The Balaban J connectivity index is 2.95. The average molecular weight is 132 g/mol. The van der Waals surface area contributed by atoms with Crippen molar-refractivity contribution in [1.29, 1.82) is 0 Å². The van der Waals surface area contributed by atoms with E-state index in [1.54, 1.807) is 0 Å². The Morgan fingerprint density at radius 2 is 2.44 bits per heavy atom. The zero-order valence-corrected chi connectivity index (χ0v) is 5.76. The van der Waals surface area contributed by atoms with Gasteiger partial charge in [-0.2, -0.15) is 0 Å². The molecule has 0 aliphatic carbocycles. The maximum Gasteiger partial charge on any atom is 0.108 e. The van der Waals surface area contributed by atoms with Crippen molar-refractivity contribution >= 4 is 0 Å². The summed E-state index contributed by atoms with van der Waals surface area (Å²) in [6.07, 6.45) is -0.192. The fourth-order valence-electron chi connectivity index (χ4n) is 0.482. The van der Waals surface area contributed by atoms with Crippen LogP contribution in [0.3, 0.4) is 0 Å². The van der Waals surface area contributed by atoms with Crippen LogP contribution in [0.1, 0.15) is 6.92 Å². The highest BCUT2D eigenvalue weighted by Crippen LogP contribution is 1.81. The van der Waals surface area contributed by atoms with Crippen LogP contribution >= 0.6 is 0 Å². The summed E-state index contributed by atoms with van der Waals surface area (Å²) in [6, 6.07) is 0. The molecule has 2 N–H and O–H groups in total. The molecule has 3 nitrogen and oxygen atoms in total. The first-order valence-electron chi connectivity index (χ1n) is 3.10. The van der Waals surface area contributed by atoms with Gasteiger partial charge in [0.25, 0.3) is 0 Å². The second-order valence-electron chi connectivity index (χ2n) is 1.64. The Bertz CT molecular complexity index is 59.0. The first-order chi connectivity index (χ1) is 4.31. The predicted octanol–water partition coefficient (Wildman–Crippen LogP) is -0.235. The summed E-state index contributed by atoms with van der Waals surface area (Å²) in [5.74, 6) is 0. The molecule has 0 bridgehead atoms. The summed E-state index contributed by atoms with van der Waals surface area (Å²) in [5, 5.41) is 11.2. The standard InChI is InChI=1S/C6H14NO2/c1-3-7-6(2)9-5-4-8/h6-8H,2-5H2,1H3. The number of hydrogen-bond acceptors (Lipinski definition) is 3. The number of rotatable bonds is 5. The largest absolute Gasteiger partial charge is 0.394 e. The normalized spacial score (nSPS) is 13.7. The van der Waals surface area contributed by atoms with E-state index >= 15 is 0 Å². The smallest absolute Gasteiger partial charge is 0.108 e. The lowest BCUT2D eigenvalue weighted by Crippen LogP contribution is -2.29. The summed E-state index contributed by atoms with van der Waals surface area (Å²) >= 11 is 0. The molecular formula is C6H14NO2. The van der Waals surface area contributed by atoms with E-state index < -0.39 is 0 Å². The highest BCUT2D eigenvalue weighted by atomic mass is 16.5. The van der Waals surface area contributed by atoms with E-state index in [0.29, 0.717) is 6.61 Å². The third-order valence-electron chi connectivity index (χ3n) is 0.842. The van der Waals surface area contributed by atoms with Crippen molar-refractivity contribution in [2.75, 3.05) is 19.8 Å². The molecule has 0 aromatic rings. The van der Waals surface area contributed by atoms with Crippen LogP contribution in [0.4, 0.5) is 0 Å². The van der Waals surface area contributed by atoms with Gasteiger partial charge in [-0.15, -0.1) is 0 Å². The number of ether oxygens (including phenoxy) is 1. The van der Waals surface area contributed by atoms with E-state index in [2.05, 4.69) is 12.2 Å². The summed E-state index contributed by atoms with van der Waals surface area (Å²) in [5.41, 5.74) is 0. The van der Waals surface area contributed by atoms with Gasteiger partial charge in [0, 0.05) is 0 Å². The maximum absolute atomic E-state index is 8.30. The summed E-state index contributed by atoms with van der Waals surface area (Å²) in [4.78, 5) is 0. The van der Waals surface area contributed by atoms with Gasteiger partial charge in [0.15, 0.2) is 0 Å². The minimum atomic E-state index is -0.192. The lowest BCUT2D eigenvalue weighted by Gasteiger charge is -2.11. The van der Waals surface area contributed by atoms with Gasteiger partial charge in [-0.05, 0) is 13.5 Å². The molecule has 1 radical (unpaired) electrons. The molecule has 0 amide bonds. The molecule has 0 heterocycles. The van der Waals surface area contributed by atoms with Crippen molar-refractivity contribution in [3.8, 4) is 0 Å². The van der Waals surface area contributed by atoms with Crippen LogP contribution < -0.4 is 5.32 Å². The molecule has 3 heteroatoms. The molecule has 0 spiro atoms. The zero-order chi connectivity index (χ0) is 7.11. The van der Waals surface area contributed by atoms with Crippen LogP contribution in [0.15, 0.2) is 0 Å². The predicted molar refractivity (Wildman–Crippen MR) is 35.9 cm³/mol. The van der Waals surface area contributed by atoms with E-state index in [9.17, 15) is 0 Å². The fourth-order valence-corrected chi connectivity index (χ4v) is 0.482. The molecule has 0 rings (SSSR count). The van der Waals surface area contributed by atoms with Gasteiger partial charge < -0.3 is 9.84 Å². The molecule has 0 aliphatic rings. The van der Waals surface area contributed by atoms with Crippen molar-refractivity contribution in [2.24, 2.45) is 0 Å². The number of aliphatic hydroxyl groups excluding tert-OH is 1. The monoisotopic (exact) mass is 132 g/mol. The Morgan fingerprint density at radius 3 is 2.89 bits per heavy atom. The van der Waals surface area contributed by atoms with Gasteiger partial charge in [-0.3, -0.25) is 5.32 Å². The van der Waals surface area contributed by atoms with Gasteiger partial charge in [0.1, 0.15) is 6.23 Å². The molecule has 9 heavy (non-hydrogen) atoms. The van der Waals surface area contributed by atoms with E-state index in [-0.39, 0.29) is 12.8 Å². The van der Waals surface area contributed by atoms with Crippen molar-refractivity contribution in [2.45, 2.75) is 13.2 Å². The summed E-state index contributed by atoms with van der Waals surface area (Å²) in [6.45, 7) is 6.83. The van der Waals surface area contributed by atoms with Crippen LogP contribution in [0, 0.1) is 6.92 Å². The van der Waals surface area contributed by atoms with Crippen molar-refractivity contribution in [1.82, 2.24) is 5.32 Å². The molecule has 0 aromatic heterocycles. The summed E-state index contributed by atoms with van der Waals surface area (Å²) < 4.78 is 4.96. The van der Waals surface area contributed by atoms with Gasteiger partial charge in [-0.25, -0.2) is 0 Å². The Labute approximate surface area is 56.0 Å². The first-order valence-corrected chi connectivity index (χ1v) is 3.10. The van der Waals surface area contributed by atoms with E-state index in [1.165, 1.54) is 0 Å². The van der Waals surface area contributed by atoms with Crippen LogP contribution in [-0.2, 0) is 4.74 Å². The van der Waals surface area contributed by atoms with Gasteiger partial charge in [-0.1, -0.05) is 6.92 Å². The van der Waals surface area contributed by atoms with E-state index in [0.717, 1.165) is 6.54 Å². The average Bonchev–Trinajstić information content (AvgIpc) is 1.85. The van der Waals surface area contributed by atoms with Crippen LogP contribution in [0.5, 0.6) is 0 Å². The Hall–Kier alpha value is -0.120. The van der Waals surface area contributed by atoms with Crippen LogP contribution in [-0.4, -0.2) is 31.1 Å². The van der Waals surface area contributed by atoms with Gasteiger partial charge in [0.2, 0.25) is 0 Å². The molecule has 1 atom stereocenters. The topological polar surface area (TPSA) is 41.5 Å². The van der Waals surface area contributed by atoms with Gasteiger partial charge in [0.05, 0.1) is 13.2 Å². The number of nitrogens with one attached hydrogen (secondary N) is 1. The Kier molecular flexibility index (Phi) is 5.93. The first kappa shape index (κ1) is 8.88. The fraction of sp³-hybridized carbons (Fsp3) is 0.833. The molecule has 0 saturated heterocycles. The van der Waals surface area contributed by atoms with Crippen molar-refractivity contribution in [3.05, 3.63) is 6.92 Å². The molecule has 0 fully saturated rings. The zero-order valence-electron chi connectivity index (χ0n) is 5.76. The molecule has 0 aromatic carbocycles. The molecule has 0 aliphatic heterocycles. The second-order valence-corrected chi connectivity index (χ2v) is 1.64. The Morgan fingerprint density at radius 1 is 1.78 bits per heavy atom. The third kappa shape index (κ3) is 5.76. The summed E-state index contributed by atoms with van der Waals surface area (Å²) in [7, 11) is 0. The number of aliphatic hydroxyl groups is 1. The maximum atomic E-state index is 8.30. The lowest BCUT2D eigenvalue weighted by atomic mass is 10.6. The minimum absolute atomic E-state index is 0.0530. The molecule has 0 saturated carbocycles. The highest BCUT2D eigenvalue weighted by molar-refractivity contribution is 4.54. The van der Waals surface area contributed by atoms with E-state index in [4.69, 9.17) is 9.84 Å². The van der Waals surface area contributed by atoms with Crippen molar-refractivity contribution in [3.63, 3.8) is 0 Å². The lowest BCUT2D eigenvalue weighted by molar-refractivity contribution is 0.0361. The minimum Gasteiger partial charge on any atom is -0.394 e. The second kappa shape index (κ2) is 6.01. The molecule has 55 valence electrons. The molecule has 1 unspecified atom stereocenters. The van der Waals surface area contributed by atoms with Gasteiger partial charge >= 0.3 is 0 Å². The number of hydrogen-bond donors (Lipinski definition) is 2. The van der Waals surface area contributed by atoms with E-state index in [1.807, 2.05) is 6.92 Å². The quantitative estimate of drug-likeness (QED) is 0.507. The SMILES string of the molecule is [CH2]C(NCC)OCCO.